The number of hydrogen-bond donors (Lipinski definition) is 5. The molecule has 2 saturated heterocycles. The summed E-state index contributed by atoms with van der Waals surface area (Å²) in [6.07, 6.45) is 6.56. The second kappa shape index (κ2) is 11.5. The Morgan fingerprint density at radius 2 is 1.77 bits per heavy atom. The number of aliphatic hydroxyl groups excluding tert-OH is 5. The Hall–Kier alpha value is -0.580. The number of ether oxygens (including phenoxy) is 3. The summed E-state index contributed by atoms with van der Waals surface area (Å²) in [5, 5.41) is 49.9. The fourth-order valence-corrected chi connectivity index (χ4v) is 10.6. The van der Waals surface area contributed by atoms with Gasteiger partial charge in [0.15, 0.2) is 6.29 Å². The molecule has 40 heavy (non-hydrogen) atoms. The van der Waals surface area contributed by atoms with E-state index in [0.717, 1.165) is 43.9 Å². The van der Waals surface area contributed by atoms with E-state index >= 15 is 0 Å². The van der Waals surface area contributed by atoms with Crippen molar-refractivity contribution >= 4 is 0 Å². The van der Waals surface area contributed by atoms with Crippen LogP contribution in [0, 0.1) is 46.8 Å². The fourth-order valence-electron chi connectivity index (χ4n) is 10.6. The van der Waals surface area contributed by atoms with Crippen LogP contribution in [-0.4, -0.2) is 87.8 Å². The molecule has 0 aromatic rings. The molecule has 4 aliphatic carbocycles. The molecule has 16 atom stereocenters. The lowest BCUT2D eigenvalue weighted by molar-refractivity contribution is -0.313. The van der Waals surface area contributed by atoms with E-state index in [1.54, 1.807) is 0 Å². The highest BCUT2D eigenvalue weighted by atomic mass is 16.7. The molecular weight excluding hydrogens is 512 g/mol. The summed E-state index contributed by atoms with van der Waals surface area (Å²) in [7, 11) is 0. The molecule has 5 N–H and O–H groups in total. The highest BCUT2D eigenvalue weighted by Crippen LogP contribution is 2.65. The van der Waals surface area contributed by atoms with E-state index in [2.05, 4.69) is 26.8 Å². The maximum absolute atomic E-state index is 10.5. The van der Waals surface area contributed by atoms with E-state index in [4.69, 9.17) is 14.2 Å². The van der Waals surface area contributed by atoms with Crippen LogP contribution >= 0.6 is 0 Å². The number of hydrogen-bond acceptors (Lipinski definition) is 8. The minimum absolute atomic E-state index is 0.0244. The van der Waals surface area contributed by atoms with Gasteiger partial charge in [-0.15, -0.1) is 0 Å². The summed E-state index contributed by atoms with van der Waals surface area (Å²) in [6, 6.07) is 0. The smallest absolute Gasteiger partial charge is 0.186 e. The van der Waals surface area contributed by atoms with Crippen LogP contribution in [0.1, 0.15) is 78.6 Å². The van der Waals surface area contributed by atoms with Crippen LogP contribution in [0.5, 0.6) is 0 Å². The van der Waals surface area contributed by atoms with Gasteiger partial charge in [0, 0.05) is 0 Å². The zero-order chi connectivity index (χ0) is 28.3. The summed E-state index contributed by atoms with van der Waals surface area (Å²) in [6.45, 7) is 7.02. The standard InChI is InChI=1S/C32H52O8/c1-16-12-20(39-31-30(37)29(36)28(35)26(15-34)40-31)13-18-4-6-21-22(27(16)18)10-11-32(3)23(7-8-24(21)32)17(2)25-9-5-19(14-33)38-25/h4,16-17,19-31,33-37H,5-15H2,1-3H3. The van der Waals surface area contributed by atoms with Crippen molar-refractivity contribution in [2.75, 3.05) is 13.2 Å². The van der Waals surface area contributed by atoms with Gasteiger partial charge in [0.05, 0.1) is 31.5 Å². The lowest BCUT2D eigenvalue weighted by Gasteiger charge is -2.56. The van der Waals surface area contributed by atoms with Crippen LogP contribution in [0.3, 0.4) is 0 Å². The van der Waals surface area contributed by atoms with E-state index < -0.39 is 37.3 Å². The summed E-state index contributed by atoms with van der Waals surface area (Å²) in [4.78, 5) is 0. The molecule has 0 radical (unpaired) electrons. The molecule has 0 spiro atoms. The predicted octanol–water partition coefficient (Wildman–Crippen LogP) is 2.78. The van der Waals surface area contributed by atoms with E-state index in [0.29, 0.717) is 35.0 Å². The molecule has 16 unspecified atom stereocenters. The molecule has 0 bridgehead atoms. The Labute approximate surface area is 239 Å². The molecule has 6 rings (SSSR count). The average Bonchev–Trinajstić information content (AvgIpc) is 3.57. The molecule has 8 heteroatoms. The first-order chi connectivity index (χ1) is 19.2. The summed E-state index contributed by atoms with van der Waals surface area (Å²) in [5.41, 5.74) is 1.84. The summed E-state index contributed by atoms with van der Waals surface area (Å²) >= 11 is 0. The average molecular weight is 565 g/mol. The van der Waals surface area contributed by atoms with Gasteiger partial charge in [0.2, 0.25) is 0 Å². The van der Waals surface area contributed by atoms with Crippen molar-refractivity contribution in [1.82, 2.24) is 0 Å². The van der Waals surface area contributed by atoms with Crippen molar-refractivity contribution in [1.29, 1.82) is 0 Å². The first kappa shape index (κ1) is 29.5. The van der Waals surface area contributed by atoms with Crippen LogP contribution in [0.2, 0.25) is 0 Å². The maximum atomic E-state index is 10.5. The molecule has 3 saturated carbocycles. The lowest BCUT2D eigenvalue weighted by Crippen LogP contribution is -2.60. The van der Waals surface area contributed by atoms with Crippen molar-refractivity contribution < 1.29 is 39.7 Å². The van der Waals surface area contributed by atoms with Gasteiger partial charge in [-0.25, -0.2) is 0 Å². The van der Waals surface area contributed by atoms with Gasteiger partial charge in [-0.05, 0) is 105 Å². The zero-order valence-electron chi connectivity index (χ0n) is 24.5. The Kier molecular flexibility index (Phi) is 8.47. The lowest BCUT2D eigenvalue weighted by atomic mass is 9.50. The SMILES string of the molecule is CC1CC(OC2OC(CO)C(O)C(O)C2O)CC2=CCC3C(CCC4(C)C(C(C)C5CCC(CO)O5)CCC34)C21. The van der Waals surface area contributed by atoms with Gasteiger partial charge in [-0.1, -0.05) is 32.4 Å². The van der Waals surface area contributed by atoms with Gasteiger partial charge >= 0.3 is 0 Å². The second-order valence-corrected chi connectivity index (χ2v) is 14.5. The van der Waals surface area contributed by atoms with Gasteiger partial charge < -0.3 is 39.7 Å². The van der Waals surface area contributed by atoms with E-state index in [-0.39, 0.29) is 24.9 Å². The topological polar surface area (TPSA) is 129 Å². The molecule has 2 aliphatic heterocycles. The van der Waals surface area contributed by atoms with Gasteiger partial charge in [0.25, 0.3) is 0 Å². The maximum Gasteiger partial charge on any atom is 0.186 e. The normalized spacial score (nSPS) is 53.4. The Morgan fingerprint density at radius 3 is 2.50 bits per heavy atom. The van der Waals surface area contributed by atoms with E-state index in [9.17, 15) is 25.5 Å². The monoisotopic (exact) mass is 564 g/mol. The van der Waals surface area contributed by atoms with Gasteiger partial charge in [0.1, 0.15) is 24.4 Å². The first-order valence-electron chi connectivity index (χ1n) is 16.1. The molecular formula is C32H52O8. The number of fused-ring (bicyclic) bond motifs is 5. The minimum Gasteiger partial charge on any atom is -0.394 e. The molecule has 0 aromatic carbocycles. The van der Waals surface area contributed by atoms with Crippen LogP contribution in [0.15, 0.2) is 11.6 Å². The predicted molar refractivity (Wildman–Crippen MR) is 148 cm³/mol. The summed E-state index contributed by atoms with van der Waals surface area (Å²) < 4.78 is 18.1. The Balaban J connectivity index is 1.13. The van der Waals surface area contributed by atoms with Crippen molar-refractivity contribution in [3.8, 4) is 0 Å². The first-order valence-corrected chi connectivity index (χ1v) is 16.1. The van der Waals surface area contributed by atoms with E-state index in [1.807, 2.05) is 0 Å². The van der Waals surface area contributed by atoms with Crippen LogP contribution < -0.4 is 0 Å². The third kappa shape index (κ3) is 4.92. The Bertz CT molecular complexity index is 925. The molecule has 2 heterocycles. The largest absolute Gasteiger partial charge is 0.394 e. The van der Waals surface area contributed by atoms with Crippen molar-refractivity contribution in [2.24, 2.45) is 46.8 Å². The molecule has 8 nitrogen and oxygen atoms in total. The molecule has 0 amide bonds. The third-order valence-corrected chi connectivity index (χ3v) is 12.6. The number of rotatable bonds is 6. The quantitative estimate of drug-likeness (QED) is 0.312. The number of allylic oxidation sites excluding steroid dienone is 1. The molecule has 228 valence electrons. The zero-order valence-corrected chi connectivity index (χ0v) is 24.5. The van der Waals surface area contributed by atoms with Crippen molar-refractivity contribution in [3.63, 3.8) is 0 Å². The van der Waals surface area contributed by atoms with Crippen LogP contribution in [0.4, 0.5) is 0 Å². The molecule has 0 aromatic heterocycles. The van der Waals surface area contributed by atoms with Crippen LogP contribution in [0.25, 0.3) is 0 Å². The molecule has 5 fully saturated rings. The Morgan fingerprint density at radius 1 is 0.975 bits per heavy atom. The highest BCUT2D eigenvalue weighted by Gasteiger charge is 2.58. The summed E-state index contributed by atoms with van der Waals surface area (Å²) in [5.74, 6) is 4.42. The minimum atomic E-state index is -1.41. The third-order valence-electron chi connectivity index (χ3n) is 12.6. The number of aliphatic hydroxyl groups is 5. The van der Waals surface area contributed by atoms with Gasteiger partial charge in [-0.3, -0.25) is 0 Å². The highest BCUT2D eigenvalue weighted by molar-refractivity contribution is 5.21. The van der Waals surface area contributed by atoms with Crippen molar-refractivity contribution in [2.45, 2.75) is 128 Å². The van der Waals surface area contributed by atoms with E-state index in [1.165, 1.54) is 31.3 Å². The molecule has 6 aliphatic rings. The second-order valence-electron chi connectivity index (χ2n) is 14.5. The fraction of sp³-hybridized carbons (Fsp3) is 0.938. The van der Waals surface area contributed by atoms with Gasteiger partial charge in [-0.2, -0.15) is 0 Å². The van der Waals surface area contributed by atoms with Crippen molar-refractivity contribution in [3.05, 3.63) is 11.6 Å². The van der Waals surface area contributed by atoms with Crippen LogP contribution in [-0.2, 0) is 14.2 Å².